The molecule has 3 saturated heterocycles. The number of rotatable bonds is 3. The maximum absolute atomic E-state index is 4.92. The fourth-order valence-electron chi connectivity index (χ4n) is 5.16. The first-order valence-electron chi connectivity index (χ1n) is 10.6. The van der Waals surface area contributed by atoms with Gasteiger partial charge in [-0.3, -0.25) is 4.98 Å². The Labute approximate surface area is 170 Å². The minimum Gasteiger partial charge on any atom is -0.325 e. The number of aromatic nitrogens is 3. The number of fused-ring (bicyclic) bond motifs is 4. The van der Waals surface area contributed by atoms with Crippen molar-refractivity contribution in [3.8, 4) is 22.5 Å². The van der Waals surface area contributed by atoms with Crippen molar-refractivity contribution in [3.63, 3.8) is 0 Å². The zero-order chi connectivity index (χ0) is 19.2. The van der Waals surface area contributed by atoms with Crippen molar-refractivity contribution in [2.75, 3.05) is 19.6 Å². The van der Waals surface area contributed by atoms with Crippen LogP contribution in [-0.2, 0) is 0 Å². The highest BCUT2D eigenvalue weighted by molar-refractivity contribution is 5.86. The lowest BCUT2D eigenvalue weighted by Gasteiger charge is -2.45. The summed E-state index contributed by atoms with van der Waals surface area (Å²) in [4.78, 5) is 12.3. The number of imidazole rings is 1. The van der Waals surface area contributed by atoms with Crippen LogP contribution in [0, 0.1) is 5.92 Å². The fourth-order valence-corrected chi connectivity index (χ4v) is 5.16. The van der Waals surface area contributed by atoms with E-state index in [-0.39, 0.29) is 0 Å². The molecule has 0 aliphatic carbocycles. The topological polar surface area (TPSA) is 34.0 Å². The molecule has 2 aromatic carbocycles. The van der Waals surface area contributed by atoms with Crippen molar-refractivity contribution in [2.45, 2.75) is 18.9 Å². The van der Waals surface area contributed by atoms with Crippen molar-refractivity contribution in [2.24, 2.45) is 5.92 Å². The highest BCUT2D eigenvalue weighted by atomic mass is 15.2. The van der Waals surface area contributed by atoms with E-state index in [0.29, 0.717) is 6.04 Å². The van der Waals surface area contributed by atoms with Crippen LogP contribution < -0.4 is 0 Å². The summed E-state index contributed by atoms with van der Waals surface area (Å²) in [6, 6.07) is 21.6. The molecule has 1 unspecified atom stereocenters. The molecule has 0 N–H and O–H groups in total. The predicted molar refractivity (Wildman–Crippen MR) is 117 cm³/mol. The molecule has 0 spiro atoms. The van der Waals surface area contributed by atoms with Crippen molar-refractivity contribution in [1.82, 2.24) is 19.4 Å². The molecule has 1 atom stereocenters. The molecule has 3 aliphatic rings. The lowest BCUT2D eigenvalue weighted by atomic mass is 9.83. The summed E-state index contributed by atoms with van der Waals surface area (Å²) in [5, 5.41) is 1.17. The van der Waals surface area contributed by atoms with Crippen LogP contribution in [-0.4, -0.2) is 39.1 Å². The molecule has 2 aromatic heterocycles. The van der Waals surface area contributed by atoms with Gasteiger partial charge in [-0.2, -0.15) is 0 Å². The third kappa shape index (κ3) is 2.87. The standard InChI is InChI=1S/C25H24N4/c1-2-6-19(7-3-1)24-25(21-14-20-8-4-5-9-22(20)26-15-21)29(17-27-24)23-16-28-12-10-18(23)11-13-28/h1-9,14-15,17-18,23H,10-13,16H2. The van der Waals surface area contributed by atoms with Gasteiger partial charge < -0.3 is 9.47 Å². The highest BCUT2D eigenvalue weighted by Gasteiger charge is 2.36. The van der Waals surface area contributed by atoms with Gasteiger partial charge in [-0.25, -0.2) is 4.98 Å². The number of hydrogen-bond acceptors (Lipinski definition) is 3. The van der Waals surface area contributed by atoms with Gasteiger partial charge in [0.05, 0.1) is 29.3 Å². The van der Waals surface area contributed by atoms with Crippen molar-refractivity contribution in [3.05, 3.63) is 73.2 Å². The lowest BCUT2D eigenvalue weighted by Crippen LogP contribution is -2.48. The van der Waals surface area contributed by atoms with Crippen LogP contribution in [0.2, 0.25) is 0 Å². The minimum absolute atomic E-state index is 0.490. The van der Waals surface area contributed by atoms with E-state index >= 15 is 0 Å². The maximum Gasteiger partial charge on any atom is 0.0963 e. The third-order valence-corrected chi connectivity index (χ3v) is 6.68. The average molecular weight is 380 g/mol. The van der Waals surface area contributed by atoms with Crippen molar-refractivity contribution >= 4 is 10.9 Å². The van der Waals surface area contributed by atoms with Gasteiger partial charge in [-0.05, 0) is 44.0 Å². The maximum atomic E-state index is 4.92. The van der Waals surface area contributed by atoms with Crippen LogP contribution in [0.15, 0.2) is 73.2 Å². The van der Waals surface area contributed by atoms with Gasteiger partial charge in [-0.1, -0.05) is 48.5 Å². The fraction of sp³-hybridized carbons (Fsp3) is 0.280. The average Bonchev–Trinajstić information content (AvgIpc) is 3.25. The molecular formula is C25H24N4. The molecule has 29 heavy (non-hydrogen) atoms. The van der Waals surface area contributed by atoms with Crippen LogP contribution in [0.3, 0.4) is 0 Å². The Hall–Kier alpha value is -2.98. The first kappa shape index (κ1) is 16.9. The van der Waals surface area contributed by atoms with Gasteiger partial charge in [-0.15, -0.1) is 0 Å². The second-order valence-electron chi connectivity index (χ2n) is 8.34. The number of para-hydroxylation sites is 1. The summed E-state index contributed by atoms with van der Waals surface area (Å²) >= 11 is 0. The summed E-state index contributed by atoms with van der Waals surface area (Å²) in [5.41, 5.74) is 5.60. The SMILES string of the molecule is c1ccc(-c2ncn(C3CN4CCC3CC4)c2-c2cnc3ccccc3c2)cc1. The van der Waals surface area contributed by atoms with Crippen LogP contribution in [0.5, 0.6) is 0 Å². The first-order valence-corrected chi connectivity index (χ1v) is 10.6. The summed E-state index contributed by atoms with van der Waals surface area (Å²) in [5.74, 6) is 0.741. The van der Waals surface area contributed by atoms with E-state index in [1.807, 2.05) is 12.3 Å². The molecule has 4 heteroatoms. The molecule has 0 saturated carbocycles. The molecule has 0 amide bonds. The van der Waals surface area contributed by atoms with E-state index < -0.39 is 0 Å². The number of nitrogens with zero attached hydrogens (tertiary/aromatic N) is 4. The van der Waals surface area contributed by atoms with Crippen LogP contribution in [0.1, 0.15) is 18.9 Å². The molecule has 7 rings (SSSR count). The summed E-state index contributed by atoms with van der Waals surface area (Å²) in [6.07, 6.45) is 6.67. The van der Waals surface area contributed by atoms with E-state index in [0.717, 1.165) is 34.8 Å². The van der Waals surface area contributed by atoms with E-state index in [1.165, 1.54) is 37.0 Å². The first-order chi connectivity index (χ1) is 14.4. The van der Waals surface area contributed by atoms with Crippen molar-refractivity contribution in [1.29, 1.82) is 0 Å². The molecule has 4 nitrogen and oxygen atoms in total. The Morgan fingerprint density at radius 3 is 2.41 bits per heavy atom. The molecule has 0 radical (unpaired) electrons. The second-order valence-corrected chi connectivity index (χ2v) is 8.34. The molecular weight excluding hydrogens is 356 g/mol. The van der Waals surface area contributed by atoms with Crippen molar-refractivity contribution < 1.29 is 0 Å². The smallest absolute Gasteiger partial charge is 0.0963 e. The Morgan fingerprint density at radius 1 is 0.828 bits per heavy atom. The van der Waals surface area contributed by atoms with Gasteiger partial charge in [0.1, 0.15) is 0 Å². The van der Waals surface area contributed by atoms with Crippen LogP contribution in [0.25, 0.3) is 33.4 Å². The lowest BCUT2D eigenvalue weighted by molar-refractivity contribution is 0.0577. The number of benzene rings is 2. The second kappa shape index (κ2) is 6.82. The van der Waals surface area contributed by atoms with E-state index in [2.05, 4.69) is 70.4 Å². The predicted octanol–water partition coefficient (Wildman–Crippen LogP) is 5.03. The molecule has 144 valence electrons. The van der Waals surface area contributed by atoms with Gasteiger partial charge in [0.15, 0.2) is 0 Å². The summed E-state index contributed by atoms with van der Waals surface area (Å²) in [6.45, 7) is 3.62. The number of piperidine rings is 3. The summed E-state index contributed by atoms with van der Waals surface area (Å²) < 4.78 is 2.45. The van der Waals surface area contributed by atoms with Crippen LogP contribution in [0.4, 0.5) is 0 Å². The minimum atomic E-state index is 0.490. The quantitative estimate of drug-likeness (QED) is 0.500. The number of pyridine rings is 1. The van der Waals surface area contributed by atoms with E-state index in [4.69, 9.17) is 9.97 Å². The summed E-state index contributed by atoms with van der Waals surface area (Å²) in [7, 11) is 0. The number of hydrogen-bond donors (Lipinski definition) is 0. The third-order valence-electron chi connectivity index (χ3n) is 6.68. The van der Waals surface area contributed by atoms with Gasteiger partial charge >= 0.3 is 0 Å². The zero-order valence-electron chi connectivity index (χ0n) is 16.4. The van der Waals surface area contributed by atoms with E-state index in [9.17, 15) is 0 Å². The highest BCUT2D eigenvalue weighted by Crippen LogP contribution is 2.41. The molecule has 3 aliphatic heterocycles. The van der Waals surface area contributed by atoms with Gasteiger partial charge in [0, 0.05) is 29.3 Å². The monoisotopic (exact) mass is 380 g/mol. The Bertz CT molecular complexity index is 1160. The largest absolute Gasteiger partial charge is 0.325 e. The Balaban J connectivity index is 1.54. The van der Waals surface area contributed by atoms with E-state index in [1.54, 1.807) is 0 Å². The zero-order valence-corrected chi connectivity index (χ0v) is 16.4. The molecule has 3 fully saturated rings. The van der Waals surface area contributed by atoms with Gasteiger partial charge in [0.2, 0.25) is 0 Å². The Kier molecular flexibility index (Phi) is 3.98. The molecule has 2 bridgehead atoms. The van der Waals surface area contributed by atoms with Gasteiger partial charge in [0.25, 0.3) is 0 Å². The molecule has 5 heterocycles. The van der Waals surface area contributed by atoms with Crippen LogP contribution >= 0.6 is 0 Å². The molecule has 4 aromatic rings. The Morgan fingerprint density at radius 2 is 1.62 bits per heavy atom. The normalized spacial score (nSPS) is 23.5.